The predicted molar refractivity (Wildman–Crippen MR) is 169 cm³/mol. The van der Waals surface area contributed by atoms with Crippen molar-refractivity contribution in [3.05, 3.63) is 106 Å². The van der Waals surface area contributed by atoms with Crippen LogP contribution in [0.3, 0.4) is 0 Å². The van der Waals surface area contributed by atoms with Gasteiger partial charge in [-0.1, -0.05) is 48.0 Å². The maximum absolute atomic E-state index is 11.6. The summed E-state index contributed by atoms with van der Waals surface area (Å²) in [5.74, 6) is 1.07. The molecule has 4 aromatic rings. The molecule has 2 atom stereocenters. The van der Waals surface area contributed by atoms with Gasteiger partial charge in [0, 0.05) is 18.2 Å². The van der Waals surface area contributed by atoms with Gasteiger partial charge in [-0.15, -0.1) is 0 Å². The lowest BCUT2D eigenvalue weighted by Crippen LogP contribution is -2.44. The third-order valence-electron chi connectivity index (χ3n) is 7.51. The predicted octanol–water partition coefficient (Wildman–Crippen LogP) is 6.04. The lowest BCUT2D eigenvalue weighted by atomic mass is 9.96. The molecule has 1 aliphatic heterocycles. The van der Waals surface area contributed by atoms with E-state index >= 15 is 0 Å². The number of hydrogen-bond acceptors (Lipinski definition) is 8. The number of benzene rings is 4. The maximum atomic E-state index is 11.6. The minimum Gasteiger partial charge on any atom is -0.488 e. The van der Waals surface area contributed by atoms with Crippen LogP contribution in [0.1, 0.15) is 34.7 Å². The highest BCUT2D eigenvalue weighted by Gasteiger charge is 2.23. The number of aliphatic hydroxyl groups is 1. The van der Waals surface area contributed by atoms with Gasteiger partial charge in [-0.2, -0.15) is 5.26 Å². The van der Waals surface area contributed by atoms with Crippen molar-refractivity contribution in [1.29, 1.82) is 5.26 Å². The molecule has 4 aromatic carbocycles. The van der Waals surface area contributed by atoms with Crippen LogP contribution in [0.5, 0.6) is 23.0 Å². The van der Waals surface area contributed by atoms with Gasteiger partial charge in [0.1, 0.15) is 44.0 Å². The van der Waals surface area contributed by atoms with E-state index in [0.29, 0.717) is 40.9 Å². The van der Waals surface area contributed by atoms with Gasteiger partial charge < -0.3 is 29.2 Å². The SMILES string of the molecule is Cc1c(COc2cc(OCc3cccc(C#N)c3)c(CNC(C(=O)O)C(C)O)cc2Cl)cccc1-c1ccc2c(c1)OCCO2. The summed E-state index contributed by atoms with van der Waals surface area (Å²) in [6.45, 7) is 4.92. The Bertz CT molecular complexity index is 1730. The molecule has 0 spiro atoms. The smallest absolute Gasteiger partial charge is 0.323 e. The molecule has 0 radical (unpaired) electrons. The van der Waals surface area contributed by atoms with E-state index in [-0.39, 0.29) is 19.8 Å². The molecule has 9 nitrogen and oxygen atoms in total. The second-order valence-corrected chi connectivity index (χ2v) is 11.1. The number of carbonyl (C=O) groups is 1. The summed E-state index contributed by atoms with van der Waals surface area (Å²) in [7, 11) is 0. The number of rotatable bonds is 12. The summed E-state index contributed by atoms with van der Waals surface area (Å²) in [4.78, 5) is 11.6. The molecule has 1 aliphatic rings. The van der Waals surface area contributed by atoms with Crippen LogP contribution in [0.15, 0.2) is 72.8 Å². The zero-order chi connectivity index (χ0) is 31.9. The summed E-state index contributed by atoms with van der Waals surface area (Å²) in [6.07, 6.45) is -1.13. The van der Waals surface area contributed by atoms with Gasteiger partial charge in [-0.25, -0.2) is 0 Å². The topological polar surface area (TPSA) is 130 Å². The molecule has 0 aromatic heterocycles. The first-order valence-electron chi connectivity index (χ1n) is 14.4. The normalized spacial score (nSPS) is 13.4. The minimum atomic E-state index is -1.19. The second-order valence-electron chi connectivity index (χ2n) is 10.7. The first-order valence-corrected chi connectivity index (χ1v) is 14.8. The number of carboxylic acids is 1. The number of fused-ring (bicyclic) bond motifs is 1. The van der Waals surface area contributed by atoms with Gasteiger partial charge in [0.2, 0.25) is 0 Å². The highest BCUT2D eigenvalue weighted by molar-refractivity contribution is 6.32. The number of nitriles is 1. The number of nitrogens with one attached hydrogen (secondary N) is 1. The summed E-state index contributed by atoms with van der Waals surface area (Å²) in [5.41, 5.74) is 5.90. The molecule has 1 heterocycles. The fraction of sp³-hybridized carbons (Fsp3) is 0.257. The molecule has 0 saturated heterocycles. The van der Waals surface area contributed by atoms with E-state index in [1.54, 1.807) is 30.3 Å². The molecule has 10 heteroatoms. The zero-order valence-corrected chi connectivity index (χ0v) is 25.6. The number of nitrogens with zero attached hydrogens (tertiary/aromatic N) is 1. The molecule has 232 valence electrons. The Morgan fingerprint density at radius 2 is 1.73 bits per heavy atom. The molecule has 45 heavy (non-hydrogen) atoms. The average Bonchev–Trinajstić information content (AvgIpc) is 3.04. The van der Waals surface area contributed by atoms with Crippen LogP contribution in [0.4, 0.5) is 0 Å². The Labute approximate surface area is 266 Å². The fourth-order valence-electron chi connectivity index (χ4n) is 5.05. The molecule has 0 amide bonds. The lowest BCUT2D eigenvalue weighted by Gasteiger charge is -2.20. The monoisotopic (exact) mass is 628 g/mol. The molecule has 3 N–H and O–H groups in total. The Kier molecular flexibility index (Phi) is 10.1. The van der Waals surface area contributed by atoms with E-state index in [9.17, 15) is 20.3 Å². The maximum Gasteiger partial charge on any atom is 0.323 e. The van der Waals surface area contributed by atoms with Crippen molar-refractivity contribution >= 4 is 17.6 Å². The highest BCUT2D eigenvalue weighted by atomic mass is 35.5. The standard InChI is InChI=1S/C35H33ClN2O7/c1-21-26(7-4-8-28(21)25-9-10-30-33(15-25)43-12-11-42-30)20-45-32-16-31(44-19-24-6-3-5-23(13-24)17-37)27(14-29(32)36)18-38-34(22(2)39)35(40)41/h3-10,13-16,22,34,38-39H,11-12,18-20H2,1-2H3,(H,40,41). The third kappa shape index (κ3) is 7.67. The number of carboxylic acid groups (broad SMARTS) is 1. The summed E-state index contributed by atoms with van der Waals surface area (Å²) >= 11 is 6.66. The van der Waals surface area contributed by atoms with Crippen molar-refractivity contribution in [3.63, 3.8) is 0 Å². The Hall–Kier alpha value is -4.75. The number of aliphatic carboxylic acids is 1. The highest BCUT2D eigenvalue weighted by Crippen LogP contribution is 2.37. The van der Waals surface area contributed by atoms with Crippen molar-refractivity contribution in [2.45, 2.75) is 45.8 Å². The lowest BCUT2D eigenvalue weighted by molar-refractivity contribution is -0.142. The van der Waals surface area contributed by atoms with Gasteiger partial charge in [0.25, 0.3) is 0 Å². The summed E-state index contributed by atoms with van der Waals surface area (Å²) in [5, 5.41) is 31.8. The molecule has 0 fully saturated rings. The van der Waals surface area contributed by atoms with Crippen molar-refractivity contribution in [2.75, 3.05) is 13.2 Å². The first-order chi connectivity index (χ1) is 21.7. The Morgan fingerprint density at radius 3 is 2.49 bits per heavy atom. The Balaban J connectivity index is 1.38. The molecular formula is C35H33ClN2O7. The van der Waals surface area contributed by atoms with Crippen molar-refractivity contribution in [1.82, 2.24) is 5.32 Å². The minimum absolute atomic E-state index is 0.0616. The van der Waals surface area contributed by atoms with Crippen LogP contribution in [0, 0.1) is 18.3 Å². The van der Waals surface area contributed by atoms with Crippen molar-refractivity contribution < 1.29 is 34.0 Å². The van der Waals surface area contributed by atoms with Crippen LogP contribution >= 0.6 is 11.6 Å². The van der Waals surface area contributed by atoms with Gasteiger partial charge >= 0.3 is 5.97 Å². The quantitative estimate of drug-likeness (QED) is 0.172. The van der Waals surface area contributed by atoms with E-state index in [1.807, 2.05) is 49.4 Å². The molecule has 2 unspecified atom stereocenters. The Morgan fingerprint density at radius 1 is 0.978 bits per heavy atom. The number of halogens is 1. The fourth-order valence-corrected chi connectivity index (χ4v) is 5.29. The van der Waals surface area contributed by atoms with E-state index in [4.69, 9.17) is 30.5 Å². The van der Waals surface area contributed by atoms with Gasteiger partial charge in [-0.3, -0.25) is 10.1 Å². The number of hydrogen-bond donors (Lipinski definition) is 3. The van der Waals surface area contributed by atoms with Crippen LogP contribution in [-0.2, 0) is 24.6 Å². The van der Waals surface area contributed by atoms with E-state index in [2.05, 4.69) is 11.4 Å². The second kappa shape index (κ2) is 14.4. The summed E-state index contributed by atoms with van der Waals surface area (Å²) in [6, 6.07) is 23.2. The van der Waals surface area contributed by atoms with Crippen molar-refractivity contribution in [3.8, 4) is 40.2 Å². The number of ether oxygens (including phenoxy) is 4. The molecule has 5 rings (SSSR count). The van der Waals surface area contributed by atoms with Crippen LogP contribution < -0.4 is 24.3 Å². The largest absolute Gasteiger partial charge is 0.488 e. The average molecular weight is 629 g/mol. The van der Waals surface area contributed by atoms with Crippen LogP contribution in [0.25, 0.3) is 11.1 Å². The molecule has 0 saturated carbocycles. The summed E-state index contributed by atoms with van der Waals surface area (Å²) < 4.78 is 23.8. The molecule has 0 aliphatic carbocycles. The van der Waals surface area contributed by atoms with Gasteiger partial charge in [0.15, 0.2) is 11.5 Å². The van der Waals surface area contributed by atoms with Gasteiger partial charge in [0.05, 0.1) is 22.8 Å². The zero-order valence-electron chi connectivity index (χ0n) is 24.9. The van der Waals surface area contributed by atoms with Gasteiger partial charge in [-0.05, 0) is 72.0 Å². The van der Waals surface area contributed by atoms with Crippen molar-refractivity contribution in [2.24, 2.45) is 0 Å². The third-order valence-corrected chi connectivity index (χ3v) is 7.80. The van der Waals surface area contributed by atoms with E-state index in [0.717, 1.165) is 39.3 Å². The molecule has 0 bridgehead atoms. The van der Waals surface area contributed by atoms with Crippen LogP contribution in [-0.4, -0.2) is 41.5 Å². The number of aliphatic hydroxyl groups excluding tert-OH is 1. The molecular weight excluding hydrogens is 596 g/mol. The van der Waals surface area contributed by atoms with E-state index < -0.39 is 18.1 Å². The first kappa shape index (κ1) is 31.7. The van der Waals surface area contributed by atoms with Crippen LogP contribution in [0.2, 0.25) is 5.02 Å². The van der Waals surface area contributed by atoms with E-state index in [1.165, 1.54) is 6.92 Å².